The Morgan fingerprint density at radius 1 is 1.30 bits per heavy atom. The van der Waals surface area contributed by atoms with E-state index in [-0.39, 0.29) is 6.10 Å². The number of anilines is 1. The largest absolute Gasteiger partial charge is 0.393 e. The van der Waals surface area contributed by atoms with E-state index >= 15 is 0 Å². The average Bonchev–Trinajstić information content (AvgIpc) is 2.47. The van der Waals surface area contributed by atoms with E-state index < -0.39 is 5.91 Å². The molecule has 2 heterocycles. The number of pyridine rings is 1. The number of benzene rings is 1. The molecule has 0 bridgehead atoms. The number of nitrogens with two attached hydrogens (primary N) is 1. The number of aliphatic hydroxyl groups excluding tert-OH is 1. The van der Waals surface area contributed by atoms with Crippen molar-refractivity contribution in [1.82, 2.24) is 4.98 Å². The molecule has 3 N–H and O–H groups in total. The normalized spacial score (nSPS) is 16.6. The number of aliphatic hydroxyl groups is 1. The number of aromatic nitrogens is 1. The van der Waals surface area contributed by atoms with Crippen LogP contribution < -0.4 is 10.6 Å². The summed E-state index contributed by atoms with van der Waals surface area (Å²) in [5, 5.41) is 11.6. The van der Waals surface area contributed by atoms with Gasteiger partial charge in [-0.15, -0.1) is 0 Å². The minimum atomic E-state index is -0.427. The van der Waals surface area contributed by atoms with Gasteiger partial charge in [0.25, 0.3) is 0 Å². The number of primary amides is 1. The lowest BCUT2D eigenvalue weighted by Gasteiger charge is -2.32. The maximum absolute atomic E-state index is 11.3. The van der Waals surface area contributed by atoms with Crippen molar-refractivity contribution in [2.45, 2.75) is 18.9 Å². The number of hydrogen-bond donors (Lipinski definition) is 2. The summed E-state index contributed by atoms with van der Waals surface area (Å²) in [7, 11) is 0. The van der Waals surface area contributed by atoms with Crippen molar-refractivity contribution in [3.05, 3.63) is 36.2 Å². The molecule has 1 aromatic heterocycles. The summed E-state index contributed by atoms with van der Waals surface area (Å²) in [6.07, 6.45) is 4.89. The van der Waals surface area contributed by atoms with E-state index in [1.165, 1.54) is 0 Å². The van der Waals surface area contributed by atoms with Crippen LogP contribution in [0.5, 0.6) is 0 Å². The number of amides is 1. The van der Waals surface area contributed by atoms with E-state index in [1.54, 1.807) is 12.3 Å². The number of hydrogen-bond acceptors (Lipinski definition) is 4. The van der Waals surface area contributed by atoms with Gasteiger partial charge < -0.3 is 15.7 Å². The van der Waals surface area contributed by atoms with Gasteiger partial charge in [-0.25, -0.2) is 0 Å². The van der Waals surface area contributed by atoms with Gasteiger partial charge >= 0.3 is 0 Å². The van der Waals surface area contributed by atoms with Gasteiger partial charge in [0.15, 0.2) is 0 Å². The molecule has 0 radical (unpaired) electrons. The second kappa shape index (κ2) is 5.09. The van der Waals surface area contributed by atoms with Crippen molar-refractivity contribution in [2.75, 3.05) is 18.0 Å². The van der Waals surface area contributed by atoms with Crippen LogP contribution >= 0.6 is 0 Å². The summed E-state index contributed by atoms with van der Waals surface area (Å²) in [5.74, 6) is -0.427. The molecule has 1 saturated heterocycles. The van der Waals surface area contributed by atoms with Crippen LogP contribution in [-0.4, -0.2) is 35.2 Å². The molecular formula is C15H17N3O2. The Labute approximate surface area is 117 Å². The van der Waals surface area contributed by atoms with Gasteiger partial charge in [0.05, 0.1) is 18.0 Å². The summed E-state index contributed by atoms with van der Waals surface area (Å²) in [6, 6.07) is 5.40. The van der Waals surface area contributed by atoms with Gasteiger partial charge in [0.1, 0.15) is 0 Å². The lowest BCUT2D eigenvalue weighted by Crippen LogP contribution is -2.35. The fourth-order valence-corrected chi connectivity index (χ4v) is 2.66. The lowest BCUT2D eigenvalue weighted by atomic mass is 10.0. The van der Waals surface area contributed by atoms with Gasteiger partial charge in [0.2, 0.25) is 5.91 Å². The molecule has 0 saturated carbocycles. The molecule has 0 aliphatic carbocycles. The summed E-state index contributed by atoms with van der Waals surface area (Å²) >= 11 is 0. The standard InChI is InChI=1S/C15H17N3O2/c16-15(20)10-1-2-11-8-17-9-14(13(11)7-10)18-5-3-12(19)4-6-18/h1-2,7-9,12,19H,3-6H2,(H2,16,20). The molecule has 5 nitrogen and oxygen atoms in total. The third kappa shape index (κ3) is 2.32. The van der Waals surface area contributed by atoms with E-state index in [0.29, 0.717) is 5.56 Å². The van der Waals surface area contributed by atoms with Crippen molar-refractivity contribution in [3.63, 3.8) is 0 Å². The lowest BCUT2D eigenvalue weighted by molar-refractivity contribution is 0.100. The zero-order chi connectivity index (χ0) is 14.1. The zero-order valence-electron chi connectivity index (χ0n) is 11.1. The molecule has 104 valence electrons. The molecule has 5 heteroatoms. The van der Waals surface area contributed by atoms with Gasteiger partial charge in [-0.05, 0) is 25.0 Å². The minimum Gasteiger partial charge on any atom is -0.393 e. The number of rotatable bonds is 2. The number of piperidine rings is 1. The van der Waals surface area contributed by atoms with Crippen molar-refractivity contribution in [3.8, 4) is 0 Å². The van der Waals surface area contributed by atoms with E-state index in [9.17, 15) is 9.90 Å². The fourth-order valence-electron chi connectivity index (χ4n) is 2.66. The van der Waals surface area contributed by atoms with Gasteiger partial charge in [0, 0.05) is 35.6 Å². The van der Waals surface area contributed by atoms with Crippen LogP contribution in [-0.2, 0) is 0 Å². The Bertz CT molecular complexity index is 649. The summed E-state index contributed by atoms with van der Waals surface area (Å²) < 4.78 is 0. The number of carbonyl (C=O) groups is 1. The minimum absolute atomic E-state index is 0.213. The van der Waals surface area contributed by atoms with Crippen LogP contribution in [0.2, 0.25) is 0 Å². The van der Waals surface area contributed by atoms with E-state index in [1.807, 2.05) is 18.3 Å². The zero-order valence-corrected chi connectivity index (χ0v) is 11.1. The van der Waals surface area contributed by atoms with Crippen LogP contribution in [0.15, 0.2) is 30.6 Å². The summed E-state index contributed by atoms with van der Waals surface area (Å²) in [6.45, 7) is 1.59. The third-order valence-corrected chi connectivity index (χ3v) is 3.83. The number of carbonyl (C=O) groups excluding carboxylic acids is 1. The van der Waals surface area contributed by atoms with E-state index in [2.05, 4.69) is 9.88 Å². The van der Waals surface area contributed by atoms with Gasteiger partial charge in [-0.1, -0.05) is 6.07 Å². The molecule has 1 aliphatic rings. The maximum atomic E-state index is 11.3. The highest BCUT2D eigenvalue weighted by molar-refractivity contribution is 6.01. The van der Waals surface area contributed by atoms with Crippen LogP contribution in [0.4, 0.5) is 5.69 Å². The smallest absolute Gasteiger partial charge is 0.248 e. The Hall–Kier alpha value is -2.14. The fraction of sp³-hybridized carbons (Fsp3) is 0.333. The molecule has 0 spiro atoms. The molecule has 2 aromatic rings. The van der Waals surface area contributed by atoms with Gasteiger partial charge in [-0.2, -0.15) is 0 Å². The number of nitrogens with zero attached hydrogens (tertiary/aromatic N) is 2. The van der Waals surface area contributed by atoms with Crippen LogP contribution in [0.1, 0.15) is 23.2 Å². The molecule has 3 rings (SSSR count). The number of fused-ring (bicyclic) bond motifs is 1. The molecule has 1 fully saturated rings. The molecule has 0 unspecified atom stereocenters. The Morgan fingerprint density at radius 2 is 2.05 bits per heavy atom. The highest BCUT2D eigenvalue weighted by atomic mass is 16.3. The second-order valence-corrected chi connectivity index (χ2v) is 5.18. The Morgan fingerprint density at radius 3 is 2.75 bits per heavy atom. The topological polar surface area (TPSA) is 79.5 Å². The highest BCUT2D eigenvalue weighted by Crippen LogP contribution is 2.28. The van der Waals surface area contributed by atoms with Crippen LogP contribution in [0.25, 0.3) is 10.8 Å². The van der Waals surface area contributed by atoms with Gasteiger partial charge in [-0.3, -0.25) is 9.78 Å². The van der Waals surface area contributed by atoms with Crippen LogP contribution in [0, 0.1) is 0 Å². The monoisotopic (exact) mass is 271 g/mol. The predicted molar refractivity (Wildman–Crippen MR) is 77.7 cm³/mol. The molecule has 0 atom stereocenters. The predicted octanol–water partition coefficient (Wildman–Crippen LogP) is 1.29. The average molecular weight is 271 g/mol. The Kier molecular flexibility index (Phi) is 3.28. The summed E-state index contributed by atoms with van der Waals surface area (Å²) in [4.78, 5) is 17.8. The summed E-state index contributed by atoms with van der Waals surface area (Å²) in [5.41, 5.74) is 6.85. The van der Waals surface area contributed by atoms with Crippen molar-refractivity contribution in [2.24, 2.45) is 5.73 Å². The van der Waals surface area contributed by atoms with Crippen molar-refractivity contribution >= 4 is 22.4 Å². The quantitative estimate of drug-likeness (QED) is 0.862. The van der Waals surface area contributed by atoms with Crippen LogP contribution in [0.3, 0.4) is 0 Å². The SMILES string of the molecule is NC(=O)c1ccc2cncc(N3CCC(O)CC3)c2c1. The van der Waals surface area contributed by atoms with E-state index in [4.69, 9.17) is 5.73 Å². The first kappa shape index (κ1) is 12.9. The molecule has 1 amide bonds. The molecule has 1 aliphatic heterocycles. The van der Waals surface area contributed by atoms with E-state index in [0.717, 1.165) is 42.4 Å². The highest BCUT2D eigenvalue weighted by Gasteiger charge is 2.19. The maximum Gasteiger partial charge on any atom is 0.248 e. The molecule has 1 aromatic carbocycles. The molecular weight excluding hydrogens is 254 g/mol. The first-order valence-corrected chi connectivity index (χ1v) is 6.76. The third-order valence-electron chi connectivity index (χ3n) is 3.83. The first-order chi connectivity index (χ1) is 9.65. The van der Waals surface area contributed by atoms with Crippen molar-refractivity contribution in [1.29, 1.82) is 0 Å². The Balaban J connectivity index is 2.05. The first-order valence-electron chi connectivity index (χ1n) is 6.76. The second-order valence-electron chi connectivity index (χ2n) is 5.18. The molecule has 20 heavy (non-hydrogen) atoms. The van der Waals surface area contributed by atoms with Crippen molar-refractivity contribution < 1.29 is 9.90 Å².